The lowest BCUT2D eigenvalue weighted by atomic mass is 10.3. The monoisotopic (exact) mass is 359 g/mol. The van der Waals surface area contributed by atoms with Gasteiger partial charge in [-0.1, -0.05) is 17.2 Å². The van der Waals surface area contributed by atoms with Crippen LogP contribution in [-0.2, 0) is 0 Å². The first-order valence-electron chi connectivity index (χ1n) is 6.75. The van der Waals surface area contributed by atoms with E-state index >= 15 is 0 Å². The number of anilines is 1. The van der Waals surface area contributed by atoms with Crippen LogP contribution in [-0.4, -0.2) is 20.7 Å². The van der Waals surface area contributed by atoms with Crippen LogP contribution >= 0.6 is 0 Å². The number of nitro groups is 3. The van der Waals surface area contributed by atoms with Crippen LogP contribution in [0.25, 0.3) is 0 Å². The maximum absolute atomic E-state index is 11.0. The molecule has 0 aromatic heterocycles. The minimum Gasteiger partial charge on any atom is -0.390 e. The third-order valence-electron chi connectivity index (χ3n) is 2.80. The Balaban J connectivity index is 2.21. The largest absolute Gasteiger partial charge is 0.511 e. The molecule has 13 nitrogen and oxygen atoms in total. The smallest absolute Gasteiger partial charge is 0.390 e. The predicted molar refractivity (Wildman–Crippen MR) is 88.8 cm³/mol. The second-order valence-electron chi connectivity index (χ2n) is 4.57. The molecule has 0 amide bonds. The molecule has 0 heterocycles. The van der Waals surface area contributed by atoms with Crippen LogP contribution in [0.5, 0.6) is 0 Å². The van der Waals surface area contributed by atoms with Crippen molar-refractivity contribution in [2.45, 2.75) is 0 Å². The van der Waals surface area contributed by atoms with Gasteiger partial charge < -0.3 is 10.1 Å². The SMILES string of the molecule is O=[N+]([O-])/C(N=Nc1cccc([N+](=O)[O-])c1)=N\Nc1cccc([N+](=O)[O-])c1. The Morgan fingerprint density at radius 2 is 1.50 bits per heavy atom. The van der Waals surface area contributed by atoms with Crippen LogP contribution in [0.1, 0.15) is 0 Å². The quantitative estimate of drug-likeness (QED) is 0.279. The van der Waals surface area contributed by atoms with Gasteiger partial charge in [-0.15, -0.1) is 0 Å². The molecule has 2 aromatic carbocycles. The molecule has 0 bridgehead atoms. The molecular weight excluding hydrogens is 350 g/mol. The lowest BCUT2D eigenvalue weighted by Gasteiger charge is -1.97. The Labute approximate surface area is 144 Å². The molecule has 0 aliphatic heterocycles. The van der Waals surface area contributed by atoms with Gasteiger partial charge >= 0.3 is 5.96 Å². The first kappa shape index (κ1) is 18.1. The zero-order valence-corrected chi connectivity index (χ0v) is 12.8. The molecule has 26 heavy (non-hydrogen) atoms. The summed E-state index contributed by atoms with van der Waals surface area (Å²) in [5, 5.41) is 42.6. The summed E-state index contributed by atoms with van der Waals surface area (Å²) in [5.74, 6) is -0.942. The van der Waals surface area contributed by atoms with Crippen molar-refractivity contribution in [1.29, 1.82) is 0 Å². The zero-order chi connectivity index (χ0) is 19.1. The van der Waals surface area contributed by atoms with Gasteiger partial charge in [0.1, 0.15) is 5.69 Å². The highest BCUT2D eigenvalue weighted by atomic mass is 16.6. The van der Waals surface area contributed by atoms with Gasteiger partial charge in [-0.25, -0.2) is 5.43 Å². The summed E-state index contributed by atoms with van der Waals surface area (Å²) in [7, 11) is 0. The van der Waals surface area contributed by atoms with Crippen LogP contribution in [0, 0.1) is 30.3 Å². The van der Waals surface area contributed by atoms with Crippen molar-refractivity contribution >= 4 is 28.7 Å². The number of hydrazone groups is 1. The first-order chi connectivity index (χ1) is 12.4. The Bertz CT molecular complexity index is 927. The predicted octanol–water partition coefficient (Wildman–Crippen LogP) is 3.25. The number of guanidine groups is 1. The van der Waals surface area contributed by atoms with E-state index in [0.717, 1.165) is 12.1 Å². The number of nitrogens with one attached hydrogen (secondary N) is 1. The standard InChI is InChI=1S/C13H9N7O6/c21-18(22)11-5-1-3-9(7-11)14-16-13(20(25)26)17-15-10-4-2-6-12(8-10)19(23)24/h1-8,14H/b16-13-,17-15?. The van der Waals surface area contributed by atoms with Crippen LogP contribution in [0.15, 0.2) is 63.9 Å². The fourth-order valence-electron chi connectivity index (χ4n) is 1.67. The molecule has 2 rings (SSSR count). The van der Waals surface area contributed by atoms with Crippen molar-refractivity contribution in [1.82, 2.24) is 0 Å². The second kappa shape index (κ2) is 8.00. The molecule has 0 saturated heterocycles. The first-order valence-corrected chi connectivity index (χ1v) is 6.75. The molecule has 0 aliphatic rings. The molecule has 1 N–H and O–H groups in total. The molecule has 132 valence electrons. The number of nitro benzene ring substituents is 2. The topological polar surface area (TPSA) is 179 Å². The maximum atomic E-state index is 11.0. The van der Waals surface area contributed by atoms with E-state index in [9.17, 15) is 30.3 Å². The number of rotatable bonds is 5. The highest BCUT2D eigenvalue weighted by Gasteiger charge is 2.14. The summed E-state index contributed by atoms with van der Waals surface area (Å²) in [4.78, 5) is 30.1. The summed E-state index contributed by atoms with van der Waals surface area (Å²) in [5.41, 5.74) is 1.93. The Hall–Kier alpha value is -4.29. The van der Waals surface area contributed by atoms with E-state index in [-0.39, 0.29) is 22.7 Å². The van der Waals surface area contributed by atoms with E-state index in [4.69, 9.17) is 0 Å². The lowest BCUT2D eigenvalue weighted by Crippen LogP contribution is -2.10. The van der Waals surface area contributed by atoms with E-state index in [1.165, 1.54) is 36.4 Å². The molecule has 0 fully saturated rings. The van der Waals surface area contributed by atoms with Crippen molar-refractivity contribution in [3.63, 3.8) is 0 Å². The second-order valence-corrected chi connectivity index (χ2v) is 4.57. The molecule has 0 unspecified atom stereocenters. The van der Waals surface area contributed by atoms with Crippen molar-refractivity contribution in [3.05, 3.63) is 78.9 Å². The van der Waals surface area contributed by atoms with E-state index in [1.54, 1.807) is 0 Å². The van der Waals surface area contributed by atoms with Gasteiger partial charge in [-0.2, -0.15) is 0 Å². The van der Waals surface area contributed by atoms with E-state index < -0.39 is 20.7 Å². The number of benzene rings is 2. The van der Waals surface area contributed by atoms with Gasteiger partial charge in [0, 0.05) is 29.4 Å². The van der Waals surface area contributed by atoms with Crippen LogP contribution in [0.3, 0.4) is 0 Å². The molecule has 0 radical (unpaired) electrons. The Kier molecular flexibility index (Phi) is 5.56. The minimum atomic E-state index is -0.942. The molecule has 0 saturated carbocycles. The Morgan fingerprint density at radius 1 is 0.885 bits per heavy atom. The summed E-state index contributed by atoms with van der Waals surface area (Å²) in [6.45, 7) is 0. The normalized spacial score (nSPS) is 11.3. The van der Waals surface area contributed by atoms with Crippen LogP contribution in [0.2, 0.25) is 0 Å². The average Bonchev–Trinajstić information content (AvgIpc) is 2.61. The summed E-state index contributed by atoms with van der Waals surface area (Å²) < 4.78 is 0. The fourth-order valence-corrected chi connectivity index (χ4v) is 1.67. The molecule has 0 spiro atoms. The van der Waals surface area contributed by atoms with E-state index in [2.05, 4.69) is 20.8 Å². The van der Waals surface area contributed by atoms with Gasteiger partial charge in [0.2, 0.25) is 0 Å². The number of hydrogen-bond acceptors (Lipinski definition) is 9. The highest BCUT2D eigenvalue weighted by molar-refractivity contribution is 5.73. The van der Waals surface area contributed by atoms with E-state index in [1.807, 2.05) is 0 Å². The Morgan fingerprint density at radius 3 is 2.12 bits per heavy atom. The molecular formula is C13H9N7O6. The van der Waals surface area contributed by atoms with Gasteiger partial charge in [0.25, 0.3) is 11.4 Å². The third kappa shape index (κ3) is 4.85. The molecule has 2 aromatic rings. The van der Waals surface area contributed by atoms with Gasteiger partial charge in [0.15, 0.2) is 0 Å². The van der Waals surface area contributed by atoms with Crippen LogP contribution < -0.4 is 5.43 Å². The number of non-ortho nitro benzene ring substituents is 2. The maximum Gasteiger partial charge on any atom is 0.511 e. The highest BCUT2D eigenvalue weighted by Crippen LogP contribution is 2.20. The van der Waals surface area contributed by atoms with Crippen molar-refractivity contribution in [2.75, 3.05) is 5.43 Å². The zero-order valence-electron chi connectivity index (χ0n) is 12.8. The minimum absolute atomic E-state index is 0.0177. The summed E-state index contributed by atoms with van der Waals surface area (Å²) in [6, 6.07) is 10.2. The van der Waals surface area contributed by atoms with Crippen molar-refractivity contribution < 1.29 is 14.8 Å². The fraction of sp³-hybridized carbons (Fsp3) is 0. The molecule has 0 aliphatic carbocycles. The summed E-state index contributed by atoms with van der Waals surface area (Å²) >= 11 is 0. The van der Waals surface area contributed by atoms with Crippen molar-refractivity contribution in [2.24, 2.45) is 15.3 Å². The molecule has 0 atom stereocenters. The van der Waals surface area contributed by atoms with Gasteiger partial charge in [-0.3, -0.25) is 20.2 Å². The number of azo groups is 1. The third-order valence-corrected chi connectivity index (χ3v) is 2.80. The number of nitrogens with zero attached hydrogens (tertiary/aromatic N) is 6. The lowest BCUT2D eigenvalue weighted by molar-refractivity contribution is -0.385. The van der Waals surface area contributed by atoms with E-state index in [0.29, 0.717) is 0 Å². The van der Waals surface area contributed by atoms with Gasteiger partial charge in [-0.05, 0) is 17.1 Å². The molecule has 13 heteroatoms. The summed E-state index contributed by atoms with van der Waals surface area (Å²) in [6.07, 6.45) is 0. The number of hydrogen-bond donors (Lipinski definition) is 1. The van der Waals surface area contributed by atoms with Crippen LogP contribution in [0.4, 0.5) is 22.7 Å². The van der Waals surface area contributed by atoms with Crippen molar-refractivity contribution in [3.8, 4) is 0 Å². The van der Waals surface area contributed by atoms with Gasteiger partial charge in [0.05, 0.1) is 20.6 Å². The average molecular weight is 359 g/mol.